The number of aromatic nitrogens is 1. The van der Waals surface area contributed by atoms with Gasteiger partial charge in [0.1, 0.15) is 5.82 Å². The molecule has 5 rings (SSSR count). The van der Waals surface area contributed by atoms with E-state index < -0.39 is 11.7 Å². The van der Waals surface area contributed by atoms with E-state index in [4.69, 9.17) is 0 Å². The van der Waals surface area contributed by atoms with Crippen molar-refractivity contribution in [3.05, 3.63) is 66.1 Å². The van der Waals surface area contributed by atoms with Crippen molar-refractivity contribution in [3.8, 4) is 0 Å². The molecule has 5 nitrogen and oxygen atoms in total. The number of carbonyl (C=O) groups is 2. The largest absolute Gasteiger partial charge is 0.361 e. The summed E-state index contributed by atoms with van der Waals surface area (Å²) in [5, 5.41) is 1.25. The van der Waals surface area contributed by atoms with Gasteiger partial charge in [-0.1, -0.05) is 30.3 Å². The SMILES string of the molecule is O=C(C1CC(=O)N(c2ccccc2F)C1)N1CCC(c2c[nH]c3ccccc23)CC1. The van der Waals surface area contributed by atoms with E-state index in [0.29, 0.717) is 19.0 Å². The third-order valence-corrected chi connectivity index (χ3v) is 6.49. The van der Waals surface area contributed by atoms with Crippen LogP contribution >= 0.6 is 0 Å². The summed E-state index contributed by atoms with van der Waals surface area (Å²) in [5.74, 6) is -0.586. The van der Waals surface area contributed by atoms with Crippen LogP contribution in [-0.2, 0) is 9.59 Å². The van der Waals surface area contributed by atoms with Crippen molar-refractivity contribution in [1.82, 2.24) is 9.88 Å². The van der Waals surface area contributed by atoms with Crippen molar-refractivity contribution in [3.63, 3.8) is 0 Å². The first-order valence-corrected chi connectivity index (χ1v) is 10.5. The summed E-state index contributed by atoms with van der Waals surface area (Å²) in [6.45, 7) is 1.63. The Morgan fingerprint density at radius 2 is 1.77 bits per heavy atom. The van der Waals surface area contributed by atoms with Crippen molar-refractivity contribution < 1.29 is 14.0 Å². The van der Waals surface area contributed by atoms with Gasteiger partial charge < -0.3 is 14.8 Å². The van der Waals surface area contributed by atoms with Crippen molar-refractivity contribution in [2.75, 3.05) is 24.5 Å². The van der Waals surface area contributed by atoms with Crippen LogP contribution in [-0.4, -0.2) is 41.3 Å². The maximum absolute atomic E-state index is 14.1. The molecule has 3 aromatic rings. The first-order chi connectivity index (χ1) is 14.6. The average molecular weight is 405 g/mol. The summed E-state index contributed by atoms with van der Waals surface area (Å²) >= 11 is 0. The number of para-hydroxylation sites is 2. The molecular formula is C24H24FN3O2. The minimum atomic E-state index is -0.432. The zero-order valence-corrected chi connectivity index (χ0v) is 16.7. The van der Waals surface area contributed by atoms with Crippen molar-refractivity contribution in [1.29, 1.82) is 0 Å². The molecule has 2 aliphatic rings. The fourth-order valence-corrected chi connectivity index (χ4v) is 4.88. The summed E-state index contributed by atoms with van der Waals surface area (Å²) in [6, 6.07) is 14.5. The van der Waals surface area contributed by atoms with Crippen LogP contribution in [0.25, 0.3) is 10.9 Å². The van der Waals surface area contributed by atoms with E-state index in [-0.39, 0.29) is 30.5 Å². The lowest BCUT2D eigenvalue weighted by Crippen LogP contribution is -2.42. The van der Waals surface area contributed by atoms with Crippen LogP contribution in [0.2, 0.25) is 0 Å². The van der Waals surface area contributed by atoms with Gasteiger partial charge in [0, 0.05) is 43.2 Å². The highest BCUT2D eigenvalue weighted by molar-refractivity contribution is 6.00. The Labute approximate surface area is 174 Å². The molecule has 0 aliphatic carbocycles. The number of benzene rings is 2. The molecule has 0 saturated carbocycles. The fraction of sp³-hybridized carbons (Fsp3) is 0.333. The van der Waals surface area contributed by atoms with Gasteiger partial charge in [0.25, 0.3) is 0 Å². The highest BCUT2D eigenvalue weighted by atomic mass is 19.1. The van der Waals surface area contributed by atoms with Crippen molar-refractivity contribution in [2.45, 2.75) is 25.2 Å². The number of carbonyl (C=O) groups excluding carboxylic acids is 2. The van der Waals surface area contributed by atoms with E-state index in [0.717, 1.165) is 18.4 Å². The van der Waals surface area contributed by atoms with Gasteiger partial charge in [-0.25, -0.2) is 4.39 Å². The zero-order valence-electron chi connectivity index (χ0n) is 16.7. The molecule has 2 saturated heterocycles. The van der Waals surface area contributed by atoms with Gasteiger partial charge >= 0.3 is 0 Å². The summed E-state index contributed by atoms with van der Waals surface area (Å²) < 4.78 is 14.1. The number of hydrogen-bond acceptors (Lipinski definition) is 2. The van der Waals surface area contributed by atoms with Crippen LogP contribution in [0.1, 0.15) is 30.7 Å². The normalized spacial score (nSPS) is 20.3. The number of amides is 2. The number of hydrogen-bond donors (Lipinski definition) is 1. The molecule has 0 spiro atoms. The molecule has 2 aromatic carbocycles. The molecule has 2 amide bonds. The van der Waals surface area contributed by atoms with E-state index >= 15 is 0 Å². The minimum Gasteiger partial charge on any atom is -0.361 e. The molecule has 1 aromatic heterocycles. The fourth-order valence-electron chi connectivity index (χ4n) is 4.88. The Balaban J connectivity index is 1.24. The molecule has 0 bridgehead atoms. The molecule has 2 fully saturated rings. The smallest absolute Gasteiger partial charge is 0.228 e. The molecule has 2 aliphatic heterocycles. The lowest BCUT2D eigenvalue weighted by Gasteiger charge is -2.33. The molecule has 0 radical (unpaired) electrons. The van der Waals surface area contributed by atoms with Gasteiger partial charge in [0.15, 0.2) is 0 Å². The van der Waals surface area contributed by atoms with Gasteiger partial charge in [-0.15, -0.1) is 0 Å². The lowest BCUT2D eigenvalue weighted by atomic mass is 9.88. The average Bonchev–Trinajstić information content (AvgIpc) is 3.37. The van der Waals surface area contributed by atoms with Gasteiger partial charge in [0.05, 0.1) is 11.6 Å². The molecule has 1 unspecified atom stereocenters. The summed E-state index contributed by atoms with van der Waals surface area (Å²) in [7, 11) is 0. The van der Waals surface area contributed by atoms with Crippen LogP contribution in [0.3, 0.4) is 0 Å². The second kappa shape index (κ2) is 7.59. The van der Waals surface area contributed by atoms with Crippen molar-refractivity contribution in [2.24, 2.45) is 5.92 Å². The Morgan fingerprint density at radius 3 is 2.57 bits per heavy atom. The van der Waals surface area contributed by atoms with Crippen LogP contribution < -0.4 is 4.90 Å². The summed E-state index contributed by atoms with van der Waals surface area (Å²) in [4.78, 5) is 32.1. The van der Waals surface area contributed by atoms with Gasteiger partial charge in [-0.3, -0.25) is 9.59 Å². The topological polar surface area (TPSA) is 56.4 Å². The number of piperidine rings is 1. The lowest BCUT2D eigenvalue weighted by molar-refractivity contribution is -0.136. The van der Waals surface area contributed by atoms with Gasteiger partial charge in [-0.05, 0) is 42.5 Å². The first kappa shape index (κ1) is 18.9. The maximum atomic E-state index is 14.1. The van der Waals surface area contributed by atoms with E-state index in [9.17, 15) is 14.0 Å². The first-order valence-electron chi connectivity index (χ1n) is 10.5. The molecule has 1 N–H and O–H groups in total. The Hall–Kier alpha value is -3.15. The Morgan fingerprint density at radius 1 is 1.03 bits per heavy atom. The van der Waals surface area contributed by atoms with E-state index in [2.05, 4.69) is 29.4 Å². The highest BCUT2D eigenvalue weighted by Gasteiger charge is 2.39. The number of halogens is 1. The predicted molar refractivity (Wildman–Crippen MR) is 114 cm³/mol. The number of rotatable bonds is 3. The number of nitrogens with zero attached hydrogens (tertiary/aromatic N) is 2. The summed E-state index contributed by atoms with van der Waals surface area (Å²) in [5.41, 5.74) is 2.72. The molecule has 1 atom stereocenters. The van der Waals surface area contributed by atoms with Crippen molar-refractivity contribution >= 4 is 28.4 Å². The standard InChI is InChI=1S/C24H24FN3O2/c25-20-6-2-4-8-22(20)28-15-17(13-23(28)29)24(30)27-11-9-16(10-12-27)19-14-26-21-7-3-1-5-18(19)21/h1-8,14,16-17,26H,9-13,15H2. The Kier molecular flexibility index (Phi) is 4.77. The van der Waals surface area contributed by atoms with Gasteiger partial charge in [-0.2, -0.15) is 0 Å². The van der Waals surface area contributed by atoms with Crippen LogP contribution in [0, 0.1) is 11.7 Å². The number of nitrogens with one attached hydrogen (secondary N) is 1. The number of aromatic amines is 1. The second-order valence-electron chi connectivity index (χ2n) is 8.25. The maximum Gasteiger partial charge on any atom is 0.228 e. The molecule has 154 valence electrons. The van der Waals surface area contributed by atoms with E-state index in [1.807, 2.05) is 11.0 Å². The molecule has 6 heteroatoms. The number of fused-ring (bicyclic) bond motifs is 1. The monoisotopic (exact) mass is 405 g/mol. The van der Waals surface area contributed by atoms with Crippen LogP contribution in [0.5, 0.6) is 0 Å². The number of likely N-dealkylation sites (tertiary alicyclic amines) is 1. The van der Waals surface area contributed by atoms with Crippen LogP contribution in [0.4, 0.5) is 10.1 Å². The van der Waals surface area contributed by atoms with E-state index in [1.165, 1.54) is 21.9 Å². The third-order valence-electron chi connectivity index (χ3n) is 6.49. The number of anilines is 1. The number of H-pyrrole nitrogens is 1. The quantitative estimate of drug-likeness (QED) is 0.714. The summed E-state index contributed by atoms with van der Waals surface area (Å²) in [6.07, 6.45) is 4.06. The third kappa shape index (κ3) is 3.26. The Bertz CT molecular complexity index is 1100. The zero-order chi connectivity index (χ0) is 20.7. The molecular weight excluding hydrogens is 381 g/mol. The highest BCUT2D eigenvalue weighted by Crippen LogP contribution is 2.34. The van der Waals surface area contributed by atoms with E-state index in [1.54, 1.807) is 18.2 Å². The minimum absolute atomic E-state index is 0.0135. The van der Waals surface area contributed by atoms with Gasteiger partial charge in [0.2, 0.25) is 11.8 Å². The predicted octanol–water partition coefficient (Wildman–Crippen LogP) is 4.07. The van der Waals surface area contributed by atoms with Crippen LogP contribution in [0.15, 0.2) is 54.7 Å². The molecule has 30 heavy (non-hydrogen) atoms. The second-order valence-corrected chi connectivity index (χ2v) is 8.25. The molecule has 3 heterocycles.